The van der Waals surface area contributed by atoms with Gasteiger partial charge in [-0.3, -0.25) is 4.79 Å². The lowest BCUT2D eigenvalue weighted by atomic mass is 10.1. The van der Waals surface area contributed by atoms with E-state index in [1.165, 1.54) is 18.2 Å². The zero-order chi connectivity index (χ0) is 16.1. The third kappa shape index (κ3) is 3.58. The number of nitrogens with zero attached hydrogens (tertiary/aromatic N) is 1. The van der Waals surface area contributed by atoms with Gasteiger partial charge in [-0.2, -0.15) is 5.26 Å². The number of halogens is 1. The van der Waals surface area contributed by atoms with Gasteiger partial charge in [0, 0.05) is 5.69 Å². The molecule has 0 aliphatic carbocycles. The minimum absolute atomic E-state index is 0.0331. The Morgan fingerprint density at radius 1 is 1.18 bits per heavy atom. The first-order valence-electron chi connectivity index (χ1n) is 6.76. The summed E-state index contributed by atoms with van der Waals surface area (Å²) < 4.78 is 13.2. The van der Waals surface area contributed by atoms with Gasteiger partial charge in [-0.05, 0) is 54.8 Å². The summed E-state index contributed by atoms with van der Waals surface area (Å²) in [6, 6.07) is 13.6. The van der Waals surface area contributed by atoms with E-state index in [4.69, 9.17) is 0 Å². The summed E-state index contributed by atoms with van der Waals surface area (Å²) in [5, 5.41) is 11.9. The zero-order valence-electron chi connectivity index (χ0n) is 12.4. The second kappa shape index (κ2) is 6.68. The van der Waals surface area contributed by atoms with Crippen LogP contribution in [0.25, 0.3) is 6.08 Å². The molecule has 0 spiro atoms. The Morgan fingerprint density at radius 3 is 2.55 bits per heavy atom. The molecule has 0 atom stereocenters. The first-order valence-corrected chi connectivity index (χ1v) is 6.76. The first kappa shape index (κ1) is 15.5. The zero-order valence-corrected chi connectivity index (χ0v) is 12.4. The number of hydrogen-bond donors (Lipinski definition) is 1. The van der Waals surface area contributed by atoms with Gasteiger partial charge >= 0.3 is 0 Å². The van der Waals surface area contributed by atoms with Gasteiger partial charge in [-0.15, -0.1) is 0 Å². The van der Waals surface area contributed by atoms with Crippen molar-refractivity contribution in [3.63, 3.8) is 0 Å². The third-order valence-electron chi connectivity index (χ3n) is 3.25. The second-order valence-electron chi connectivity index (χ2n) is 4.95. The number of anilines is 1. The highest BCUT2D eigenvalue weighted by molar-refractivity contribution is 6.09. The minimum Gasteiger partial charge on any atom is -0.321 e. The first-order chi connectivity index (χ1) is 10.5. The van der Waals surface area contributed by atoms with Crippen molar-refractivity contribution in [2.75, 3.05) is 5.32 Å². The van der Waals surface area contributed by atoms with Crippen molar-refractivity contribution in [3.8, 4) is 6.07 Å². The monoisotopic (exact) mass is 294 g/mol. The van der Waals surface area contributed by atoms with Crippen molar-refractivity contribution >= 4 is 17.7 Å². The number of hydrogen-bond acceptors (Lipinski definition) is 2. The molecule has 0 saturated carbocycles. The normalized spacial score (nSPS) is 10.9. The molecule has 1 N–H and O–H groups in total. The predicted octanol–water partition coefficient (Wildman–Crippen LogP) is 3.99. The predicted molar refractivity (Wildman–Crippen MR) is 84.5 cm³/mol. The molecule has 0 saturated heterocycles. The SMILES string of the molecule is Cc1cc(/C=C(/C#N)C(=O)Nc2ccccc2C)ccc1F. The van der Waals surface area contributed by atoms with E-state index < -0.39 is 5.91 Å². The van der Waals surface area contributed by atoms with Crippen molar-refractivity contribution in [1.82, 2.24) is 0 Å². The van der Waals surface area contributed by atoms with E-state index in [0.29, 0.717) is 16.8 Å². The Hall–Kier alpha value is -2.93. The van der Waals surface area contributed by atoms with Crippen LogP contribution in [0.1, 0.15) is 16.7 Å². The van der Waals surface area contributed by atoms with Crippen LogP contribution in [-0.4, -0.2) is 5.91 Å². The van der Waals surface area contributed by atoms with E-state index in [0.717, 1.165) is 5.56 Å². The van der Waals surface area contributed by atoms with Crippen LogP contribution in [0.15, 0.2) is 48.0 Å². The molecule has 0 aromatic heterocycles. The number of rotatable bonds is 3. The summed E-state index contributed by atoms with van der Waals surface area (Å²) in [7, 11) is 0. The summed E-state index contributed by atoms with van der Waals surface area (Å²) in [5.41, 5.74) is 2.60. The molecule has 0 aliphatic heterocycles. The Labute approximate surface area is 128 Å². The van der Waals surface area contributed by atoms with E-state index in [1.807, 2.05) is 31.2 Å². The van der Waals surface area contributed by atoms with E-state index in [2.05, 4.69) is 5.32 Å². The van der Waals surface area contributed by atoms with Gasteiger partial charge in [0.05, 0.1) is 0 Å². The number of nitriles is 1. The standard InChI is InChI=1S/C18H15FN2O/c1-12-5-3-4-6-17(12)21-18(22)15(11-20)10-14-7-8-16(19)13(2)9-14/h3-10H,1-2H3,(H,21,22)/b15-10-. The van der Waals surface area contributed by atoms with Crippen LogP contribution in [0.5, 0.6) is 0 Å². The summed E-state index contributed by atoms with van der Waals surface area (Å²) in [5.74, 6) is -0.807. The molecule has 0 unspecified atom stereocenters. The van der Waals surface area contributed by atoms with Crippen LogP contribution in [-0.2, 0) is 4.79 Å². The second-order valence-corrected chi connectivity index (χ2v) is 4.95. The smallest absolute Gasteiger partial charge is 0.266 e. The fourth-order valence-corrected chi connectivity index (χ4v) is 1.98. The van der Waals surface area contributed by atoms with Gasteiger partial charge in [0.1, 0.15) is 17.5 Å². The van der Waals surface area contributed by atoms with Crippen LogP contribution < -0.4 is 5.32 Å². The molecule has 2 aromatic carbocycles. The Balaban J connectivity index is 2.26. The third-order valence-corrected chi connectivity index (χ3v) is 3.25. The van der Waals surface area contributed by atoms with Crippen LogP contribution in [0, 0.1) is 31.0 Å². The minimum atomic E-state index is -0.487. The average molecular weight is 294 g/mol. The number of benzene rings is 2. The molecule has 0 fully saturated rings. The summed E-state index contributed by atoms with van der Waals surface area (Å²) in [6.45, 7) is 3.50. The Bertz CT molecular complexity index is 788. The van der Waals surface area contributed by atoms with Crippen LogP contribution in [0.4, 0.5) is 10.1 Å². The van der Waals surface area contributed by atoms with Gasteiger partial charge in [-0.25, -0.2) is 4.39 Å². The number of carbonyl (C=O) groups excluding carboxylic acids is 1. The molecule has 110 valence electrons. The Kier molecular flexibility index (Phi) is 4.70. The maximum Gasteiger partial charge on any atom is 0.266 e. The van der Waals surface area contributed by atoms with Crippen molar-refractivity contribution in [2.24, 2.45) is 0 Å². The van der Waals surface area contributed by atoms with Crippen molar-refractivity contribution in [2.45, 2.75) is 13.8 Å². The van der Waals surface area contributed by atoms with Gasteiger partial charge in [0.15, 0.2) is 0 Å². The van der Waals surface area contributed by atoms with Crippen molar-refractivity contribution in [3.05, 3.63) is 70.5 Å². The van der Waals surface area contributed by atoms with Crippen molar-refractivity contribution < 1.29 is 9.18 Å². The highest BCUT2D eigenvalue weighted by Crippen LogP contribution is 2.16. The summed E-state index contributed by atoms with van der Waals surface area (Å²) in [6.07, 6.45) is 1.44. The lowest BCUT2D eigenvalue weighted by molar-refractivity contribution is -0.112. The van der Waals surface area contributed by atoms with Crippen LogP contribution in [0.2, 0.25) is 0 Å². The van der Waals surface area contributed by atoms with Crippen LogP contribution >= 0.6 is 0 Å². The highest BCUT2D eigenvalue weighted by atomic mass is 19.1. The highest BCUT2D eigenvalue weighted by Gasteiger charge is 2.11. The van der Waals surface area contributed by atoms with Crippen molar-refractivity contribution in [1.29, 1.82) is 5.26 Å². The number of nitrogens with one attached hydrogen (secondary N) is 1. The largest absolute Gasteiger partial charge is 0.321 e. The molecule has 2 rings (SSSR count). The van der Waals surface area contributed by atoms with Gasteiger partial charge < -0.3 is 5.32 Å². The molecule has 22 heavy (non-hydrogen) atoms. The number of amides is 1. The van der Waals surface area contributed by atoms with Crippen LogP contribution in [0.3, 0.4) is 0 Å². The van der Waals surface area contributed by atoms with E-state index in [1.54, 1.807) is 19.1 Å². The maximum absolute atomic E-state index is 13.2. The molecular formula is C18H15FN2O. The Morgan fingerprint density at radius 2 is 1.91 bits per heavy atom. The molecular weight excluding hydrogens is 279 g/mol. The quantitative estimate of drug-likeness (QED) is 0.687. The average Bonchev–Trinajstić information content (AvgIpc) is 2.50. The summed E-state index contributed by atoms with van der Waals surface area (Å²) in [4.78, 5) is 12.2. The van der Waals surface area contributed by atoms with Gasteiger partial charge in [0.2, 0.25) is 0 Å². The molecule has 0 radical (unpaired) electrons. The number of carbonyl (C=O) groups is 1. The topological polar surface area (TPSA) is 52.9 Å². The lowest BCUT2D eigenvalue weighted by Gasteiger charge is -2.07. The molecule has 2 aromatic rings. The van der Waals surface area contributed by atoms with E-state index >= 15 is 0 Å². The van der Waals surface area contributed by atoms with E-state index in [-0.39, 0.29) is 11.4 Å². The van der Waals surface area contributed by atoms with Gasteiger partial charge in [-0.1, -0.05) is 24.3 Å². The van der Waals surface area contributed by atoms with Gasteiger partial charge in [0.25, 0.3) is 5.91 Å². The number of aryl methyl sites for hydroxylation is 2. The molecule has 0 heterocycles. The fourth-order valence-electron chi connectivity index (χ4n) is 1.98. The molecule has 4 heteroatoms. The number of para-hydroxylation sites is 1. The molecule has 0 aliphatic rings. The molecule has 1 amide bonds. The summed E-state index contributed by atoms with van der Waals surface area (Å²) >= 11 is 0. The maximum atomic E-state index is 13.2. The lowest BCUT2D eigenvalue weighted by Crippen LogP contribution is -2.14. The molecule has 0 bridgehead atoms. The fraction of sp³-hybridized carbons (Fsp3) is 0.111. The molecule has 3 nitrogen and oxygen atoms in total. The van der Waals surface area contributed by atoms with E-state index in [9.17, 15) is 14.4 Å².